The number of aliphatic hydroxyl groups excluding tert-OH is 1. The molecule has 0 radical (unpaired) electrons. The Morgan fingerprint density at radius 3 is 2.22 bits per heavy atom. The Labute approximate surface area is 237 Å². The maximum absolute atomic E-state index is 14.9. The molecule has 0 amide bonds. The first-order valence-corrected chi connectivity index (χ1v) is 13.4. The zero-order valence-corrected chi connectivity index (χ0v) is 22.7. The topological polar surface area (TPSA) is 55.8 Å². The van der Waals surface area contributed by atoms with Crippen molar-refractivity contribution in [3.8, 4) is 33.8 Å². The molecule has 4 nitrogen and oxygen atoms in total. The molecule has 0 bridgehead atoms. The fourth-order valence-corrected chi connectivity index (χ4v) is 4.34. The van der Waals surface area contributed by atoms with E-state index < -0.39 is 35.3 Å². The van der Waals surface area contributed by atoms with Gasteiger partial charge in [0.05, 0.1) is 18.3 Å². The van der Waals surface area contributed by atoms with Crippen molar-refractivity contribution >= 4 is 5.97 Å². The zero-order valence-electron chi connectivity index (χ0n) is 22.7. The van der Waals surface area contributed by atoms with Gasteiger partial charge in [0.15, 0.2) is 11.6 Å². The number of esters is 1. The second-order valence-corrected chi connectivity index (χ2v) is 9.55. The van der Waals surface area contributed by atoms with Crippen LogP contribution >= 0.6 is 0 Å². The molecule has 0 aliphatic heterocycles. The Balaban J connectivity index is 1.44. The van der Waals surface area contributed by atoms with Crippen LogP contribution in [0.25, 0.3) is 22.3 Å². The standard InChI is InChI=1S/C34H31F3O4/c1-3-5-6-20-40-26-16-17-27(29(35)21-26)22-10-14-25(15-11-22)34(39)41-31-19-18-28(32(36)33(31)37)23-8-12-24(13-9-23)30(38)7-4-2/h3,8-19,21,30,38H,1,4-7,20H2,2H3. The van der Waals surface area contributed by atoms with E-state index in [0.717, 1.165) is 19.3 Å². The summed E-state index contributed by atoms with van der Waals surface area (Å²) in [5, 5.41) is 10.1. The smallest absolute Gasteiger partial charge is 0.343 e. The number of hydrogen-bond donors (Lipinski definition) is 1. The summed E-state index contributed by atoms with van der Waals surface area (Å²) < 4.78 is 55.2. The van der Waals surface area contributed by atoms with E-state index in [-0.39, 0.29) is 11.1 Å². The Kier molecular flexibility index (Phi) is 9.98. The first kappa shape index (κ1) is 29.6. The fourth-order valence-electron chi connectivity index (χ4n) is 4.34. The molecule has 7 heteroatoms. The third-order valence-electron chi connectivity index (χ3n) is 6.61. The molecule has 0 saturated carbocycles. The number of benzene rings is 4. The SMILES string of the molecule is C=CCCCOc1ccc(-c2ccc(C(=O)Oc3ccc(-c4ccc(C(O)CCC)cc4)c(F)c3F)cc2)c(F)c1. The molecule has 1 atom stereocenters. The van der Waals surface area contributed by atoms with Gasteiger partial charge in [-0.15, -0.1) is 6.58 Å². The monoisotopic (exact) mass is 560 g/mol. The maximum Gasteiger partial charge on any atom is 0.343 e. The molecule has 0 aromatic heterocycles. The quantitative estimate of drug-likeness (QED) is 0.0814. The van der Waals surface area contributed by atoms with Crippen molar-refractivity contribution in [2.75, 3.05) is 6.61 Å². The molecule has 212 valence electrons. The van der Waals surface area contributed by atoms with Gasteiger partial charge in [-0.3, -0.25) is 0 Å². The van der Waals surface area contributed by atoms with E-state index in [1.807, 2.05) is 6.92 Å². The fraction of sp³-hybridized carbons (Fsp3) is 0.206. The van der Waals surface area contributed by atoms with E-state index in [9.17, 15) is 23.1 Å². The van der Waals surface area contributed by atoms with E-state index in [2.05, 4.69) is 6.58 Å². The summed E-state index contributed by atoms with van der Waals surface area (Å²) in [5.41, 5.74) is 2.03. The van der Waals surface area contributed by atoms with Gasteiger partial charge in [-0.25, -0.2) is 13.6 Å². The average Bonchev–Trinajstić information content (AvgIpc) is 2.98. The maximum atomic E-state index is 14.9. The minimum atomic E-state index is -1.29. The van der Waals surface area contributed by atoms with Crippen molar-refractivity contribution in [2.45, 2.75) is 38.7 Å². The van der Waals surface area contributed by atoms with Crippen LogP contribution in [0.15, 0.2) is 91.5 Å². The summed E-state index contributed by atoms with van der Waals surface area (Å²) >= 11 is 0. The third kappa shape index (κ3) is 7.24. The van der Waals surface area contributed by atoms with Gasteiger partial charge < -0.3 is 14.6 Å². The van der Waals surface area contributed by atoms with Crippen LogP contribution in [0.3, 0.4) is 0 Å². The molecular formula is C34H31F3O4. The lowest BCUT2D eigenvalue weighted by atomic mass is 9.99. The van der Waals surface area contributed by atoms with Crippen molar-refractivity contribution in [1.82, 2.24) is 0 Å². The molecule has 1 N–H and O–H groups in total. The van der Waals surface area contributed by atoms with Crippen LogP contribution in [0, 0.1) is 17.5 Å². The number of rotatable bonds is 12. The predicted octanol–water partition coefficient (Wildman–Crippen LogP) is 8.84. The summed E-state index contributed by atoms with van der Waals surface area (Å²) in [7, 11) is 0. The van der Waals surface area contributed by atoms with Crippen molar-refractivity contribution < 1.29 is 32.5 Å². The molecule has 0 aliphatic carbocycles. The molecule has 0 fully saturated rings. The highest BCUT2D eigenvalue weighted by atomic mass is 19.2. The number of allylic oxidation sites excluding steroid dienone is 1. The summed E-state index contributed by atoms with van der Waals surface area (Å²) in [5.74, 6) is -3.96. The van der Waals surface area contributed by atoms with Crippen molar-refractivity contribution in [2.24, 2.45) is 0 Å². The molecule has 41 heavy (non-hydrogen) atoms. The Morgan fingerprint density at radius 2 is 1.56 bits per heavy atom. The van der Waals surface area contributed by atoms with Gasteiger partial charge in [0.1, 0.15) is 11.6 Å². The van der Waals surface area contributed by atoms with Crippen molar-refractivity contribution in [3.63, 3.8) is 0 Å². The Morgan fingerprint density at radius 1 is 0.902 bits per heavy atom. The normalized spacial score (nSPS) is 11.6. The van der Waals surface area contributed by atoms with Gasteiger partial charge in [-0.2, -0.15) is 4.39 Å². The van der Waals surface area contributed by atoms with E-state index in [4.69, 9.17) is 9.47 Å². The van der Waals surface area contributed by atoms with E-state index >= 15 is 0 Å². The molecule has 0 heterocycles. The largest absolute Gasteiger partial charge is 0.493 e. The summed E-state index contributed by atoms with van der Waals surface area (Å²) in [4.78, 5) is 12.7. The van der Waals surface area contributed by atoms with Crippen molar-refractivity contribution in [3.05, 3.63) is 120 Å². The lowest BCUT2D eigenvalue weighted by Gasteiger charge is -2.12. The summed E-state index contributed by atoms with van der Waals surface area (Å²) in [6.07, 6.45) is 4.17. The molecule has 0 spiro atoms. The molecule has 4 aromatic rings. The van der Waals surface area contributed by atoms with E-state index in [1.54, 1.807) is 54.6 Å². The first-order chi connectivity index (χ1) is 19.8. The molecule has 4 aromatic carbocycles. The minimum absolute atomic E-state index is 0.00149. The summed E-state index contributed by atoms with van der Waals surface area (Å²) in [6.45, 7) is 6.06. The predicted molar refractivity (Wildman–Crippen MR) is 153 cm³/mol. The molecule has 4 rings (SSSR count). The number of carbonyl (C=O) groups is 1. The van der Waals surface area contributed by atoms with Crippen molar-refractivity contribution in [1.29, 1.82) is 0 Å². The molecular weight excluding hydrogens is 529 g/mol. The number of hydrogen-bond acceptors (Lipinski definition) is 4. The average molecular weight is 561 g/mol. The number of halogens is 3. The highest BCUT2D eigenvalue weighted by Crippen LogP contribution is 2.32. The van der Waals surface area contributed by atoms with Gasteiger partial charge in [-0.05, 0) is 72.4 Å². The first-order valence-electron chi connectivity index (χ1n) is 13.4. The number of aliphatic hydroxyl groups is 1. The summed E-state index contributed by atoms with van der Waals surface area (Å²) in [6, 6.07) is 19.6. The second kappa shape index (κ2) is 13.8. The molecule has 0 saturated heterocycles. The van der Waals surface area contributed by atoms with Crippen LogP contribution in [0.5, 0.6) is 11.5 Å². The highest BCUT2D eigenvalue weighted by molar-refractivity contribution is 5.91. The lowest BCUT2D eigenvalue weighted by molar-refractivity contribution is 0.0726. The van der Waals surface area contributed by atoms with Crippen LogP contribution in [0.4, 0.5) is 13.2 Å². The Bertz CT molecular complexity index is 1500. The Hall–Kier alpha value is -4.36. The van der Waals surface area contributed by atoms with Crippen LogP contribution < -0.4 is 9.47 Å². The second-order valence-electron chi connectivity index (χ2n) is 9.55. The number of ether oxygens (including phenoxy) is 2. The van der Waals surface area contributed by atoms with E-state index in [1.165, 1.54) is 30.3 Å². The van der Waals surface area contributed by atoms with Crippen LogP contribution in [0.1, 0.15) is 54.6 Å². The molecule has 0 aliphatic rings. The zero-order chi connectivity index (χ0) is 29.4. The van der Waals surface area contributed by atoms with Crippen LogP contribution in [-0.2, 0) is 0 Å². The van der Waals surface area contributed by atoms with Crippen LogP contribution in [0.2, 0.25) is 0 Å². The van der Waals surface area contributed by atoms with Gasteiger partial charge >= 0.3 is 5.97 Å². The highest BCUT2D eigenvalue weighted by Gasteiger charge is 2.19. The van der Waals surface area contributed by atoms with Crippen LogP contribution in [-0.4, -0.2) is 17.7 Å². The number of unbranched alkanes of at least 4 members (excludes halogenated alkanes) is 1. The van der Waals surface area contributed by atoms with Gasteiger partial charge in [-0.1, -0.05) is 55.8 Å². The van der Waals surface area contributed by atoms with E-state index in [0.29, 0.717) is 41.0 Å². The van der Waals surface area contributed by atoms with Gasteiger partial charge in [0, 0.05) is 17.2 Å². The van der Waals surface area contributed by atoms with Gasteiger partial charge in [0.25, 0.3) is 0 Å². The number of carbonyl (C=O) groups excluding carboxylic acids is 1. The van der Waals surface area contributed by atoms with Gasteiger partial charge in [0.2, 0.25) is 5.82 Å². The lowest BCUT2D eigenvalue weighted by Crippen LogP contribution is -2.10. The third-order valence-corrected chi connectivity index (χ3v) is 6.61. The molecule has 1 unspecified atom stereocenters. The minimum Gasteiger partial charge on any atom is -0.493 e.